The molecule has 2 atom stereocenters. The van der Waals surface area contributed by atoms with Crippen LogP contribution in [0.25, 0.3) is 0 Å². The van der Waals surface area contributed by atoms with E-state index in [0.29, 0.717) is 19.6 Å². The Morgan fingerprint density at radius 2 is 2.00 bits per heavy atom. The van der Waals surface area contributed by atoms with Crippen molar-refractivity contribution in [3.63, 3.8) is 0 Å². The number of carbonyl (C=O) groups is 2. The highest BCUT2D eigenvalue weighted by molar-refractivity contribution is 5.80. The first-order valence-electron chi connectivity index (χ1n) is 8.22. The van der Waals surface area contributed by atoms with Gasteiger partial charge in [-0.3, -0.25) is 9.59 Å². The molecule has 2 rings (SSSR count). The molecule has 0 unspecified atom stereocenters. The molecule has 1 aliphatic rings. The Hall–Kier alpha value is -1.88. The number of nitrogens with two attached hydrogens (primary N) is 1. The molecule has 0 spiro atoms. The number of amides is 2. The molecule has 1 fully saturated rings. The monoisotopic (exact) mass is 317 g/mol. The summed E-state index contributed by atoms with van der Waals surface area (Å²) in [5.41, 5.74) is 9.56. The van der Waals surface area contributed by atoms with Gasteiger partial charge < -0.3 is 16.0 Å². The molecule has 0 radical (unpaired) electrons. The highest BCUT2D eigenvalue weighted by atomic mass is 16.2. The van der Waals surface area contributed by atoms with Crippen LogP contribution in [0.4, 0.5) is 0 Å². The van der Waals surface area contributed by atoms with Crippen molar-refractivity contribution in [1.29, 1.82) is 0 Å². The van der Waals surface area contributed by atoms with Crippen molar-refractivity contribution in [2.75, 3.05) is 13.1 Å². The van der Waals surface area contributed by atoms with Crippen LogP contribution in [0.15, 0.2) is 18.2 Å². The van der Waals surface area contributed by atoms with Gasteiger partial charge in [-0.05, 0) is 43.4 Å². The van der Waals surface area contributed by atoms with Crippen LogP contribution in [0.5, 0.6) is 0 Å². The van der Waals surface area contributed by atoms with Crippen molar-refractivity contribution in [2.45, 2.75) is 46.2 Å². The molecule has 5 nitrogen and oxygen atoms in total. The predicted octanol–water partition coefficient (Wildman–Crippen LogP) is 1.51. The minimum Gasteiger partial charge on any atom is -0.352 e. The van der Waals surface area contributed by atoms with Gasteiger partial charge >= 0.3 is 0 Å². The number of hydrogen-bond acceptors (Lipinski definition) is 3. The molecule has 2 amide bonds. The van der Waals surface area contributed by atoms with Gasteiger partial charge in [-0.15, -0.1) is 0 Å². The number of likely N-dealkylation sites (tertiary alicyclic amines) is 1. The minimum absolute atomic E-state index is 0.00579. The SMILES string of the molecule is CC(=O)N1C[C@@H](N)CC[C@@H](C(=O)NCc2cccc(C)c2C)C1. The fourth-order valence-corrected chi connectivity index (χ4v) is 3.02. The molecule has 1 aromatic carbocycles. The lowest BCUT2D eigenvalue weighted by Crippen LogP contribution is -2.42. The summed E-state index contributed by atoms with van der Waals surface area (Å²) in [5.74, 6) is -0.196. The first kappa shape index (κ1) is 17.5. The molecule has 126 valence electrons. The van der Waals surface area contributed by atoms with Crippen LogP contribution in [-0.2, 0) is 16.1 Å². The van der Waals surface area contributed by atoms with Gasteiger partial charge in [-0.2, -0.15) is 0 Å². The third-order valence-electron chi connectivity index (χ3n) is 4.77. The second-order valence-electron chi connectivity index (χ2n) is 6.54. The smallest absolute Gasteiger partial charge is 0.225 e. The maximum absolute atomic E-state index is 12.5. The first-order valence-corrected chi connectivity index (χ1v) is 8.22. The highest BCUT2D eigenvalue weighted by Gasteiger charge is 2.28. The van der Waals surface area contributed by atoms with Gasteiger partial charge in [0, 0.05) is 32.6 Å². The number of carbonyl (C=O) groups excluding carboxylic acids is 2. The summed E-state index contributed by atoms with van der Waals surface area (Å²) in [7, 11) is 0. The number of benzene rings is 1. The fourth-order valence-electron chi connectivity index (χ4n) is 3.02. The van der Waals surface area contributed by atoms with Crippen molar-refractivity contribution < 1.29 is 9.59 Å². The summed E-state index contributed by atoms with van der Waals surface area (Å²) in [6.07, 6.45) is 1.49. The largest absolute Gasteiger partial charge is 0.352 e. The molecular formula is C18H27N3O2. The Labute approximate surface area is 138 Å². The third kappa shape index (κ3) is 4.55. The zero-order valence-electron chi connectivity index (χ0n) is 14.3. The van der Waals surface area contributed by atoms with Gasteiger partial charge in [0.25, 0.3) is 0 Å². The number of nitrogens with zero attached hydrogens (tertiary/aromatic N) is 1. The van der Waals surface area contributed by atoms with Crippen LogP contribution in [0.2, 0.25) is 0 Å². The molecule has 0 aliphatic carbocycles. The summed E-state index contributed by atoms with van der Waals surface area (Å²) in [6.45, 7) is 7.19. The van der Waals surface area contributed by atoms with Gasteiger partial charge in [0.1, 0.15) is 0 Å². The van der Waals surface area contributed by atoms with E-state index in [-0.39, 0.29) is 23.8 Å². The molecule has 23 heavy (non-hydrogen) atoms. The van der Waals surface area contributed by atoms with E-state index in [1.54, 1.807) is 4.90 Å². The van der Waals surface area contributed by atoms with E-state index in [0.717, 1.165) is 18.4 Å². The average Bonchev–Trinajstić information content (AvgIpc) is 2.70. The molecule has 1 aromatic rings. The number of rotatable bonds is 3. The van der Waals surface area contributed by atoms with E-state index < -0.39 is 0 Å². The van der Waals surface area contributed by atoms with Gasteiger partial charge in [0.2, 0.25) is 11.8 Å². The second kappa shape index (κ2) is 7.59. The summed E-state index contributed by atoms with van der Waals surface area (Å²) in [5, 5.41) is 3.02. The molecule has 1 heterocycles. The fraction of sp³-hybridized carbons (Fsp3) is 0.556. The van der Waals surface area contributed by atoms with Crippen LogP contribution in [0.3, 0.4) is 0 Å². The maximum atomic E-state index is 12.5. The number of aryl methyl sites for hydroxylation is 1. The van der Waals surface area contributed by atoms with Crippen molar-refractivity contribution in [2.24, 2.45) is 11.7 Å². The van der Waals surface area contributed by atoms with Crippen LogP contribution < -0.4 is 11.1 Å². The minimum atomic E-state index is -0.183. The molecule has 0 bridgehead atoms. The van der Waals surface area contributed by atoms with E-state index >= 15 is 0 Å². The van der Waals surface area contributed by atoms with Crippen molar-refractivity contribution in [1.82, 2.24) is 10.2 Å². The lowest BCUT2D eigenvalue weighted by molar-refractivity contribution is -0.131. The van der Waals surface area contributed by atoms with Crippen LogP contribution >= 0.6 is 0 Å². The van der Waals surface area contributed by atoms with Gasteiger partial charge in [0.15, 0.2) is 0 Å². The Kier molecular flexibility index (Phi) is 5.77. The normalized spacial score (nSPS) is 21.7. The van der Waals surface area contributed by atoms with E-state index in [9.17, 15) is 9.59 Å². The lowest BCUT2D eigenvalue weighted by atomic mass is 10.00. The summed E-state index contributed by atoms with van der Waals surface area (Å²) in [4.78, 5) is 25.9. The van der Waals surface area contributed by atoms with Crippen LogP contribution in [-0.4, -0.2) is 35.8 Å². The Morgan fingerprint density at radius 3 is 2.70 bits per heavy atom. The number of nitrogens with one attached hydrogen (secondary N) is 1. The van der Waals surface area contributed by atoms with Crippen LogP contribution in [0, 0.1) is 19.8 Å². The van der Waals surface area contributed by atoms with Gasteiger partial charge in [0.05, 0.1) is 5.92 Å². The Morgan fingerprint density at radius 1 is 1.26 bits per heavy atom. The molecule has 0 saturated carbocycles. The van der Waals surface area contributed by atoms with E-state index in [2.05, 4.69) is 25.2 Å². The Balaban J connectivity index is 1.99. The first-order chi connectivity index (χ1) is 10.9. The third-order valence-corrected chi connectivity index (χ3v) is 4.77. The Bertz CT molecular complexity index is 586. The van der Waals surface area contributed by atoms with E-state index in [1.165, 1.54) is 18.1 Å². The quantitative estimate of drug-likeness (QED) is 0.887. The molecule has 5 heteroatoms. The van der Waals surface area contributed by atoms with E-state index in [4.69, 9.17) is 5.73 Å². The highest BCUT2D eigenvalue weighted by Crippen LogP contribution is 2.17. The van der Waals surface area contributed by atoms with Crippen molar-refractivity contribution in [3.8, 4) is 0 Å². The van der Waals surface area contributed by atoms with Gasteiger partial charge in [-0.1, -0.05) is 18.2 Å². The number of hydrogen-bond donors (Lipinski definition) is 2. The molecule has 0 aromatic heterocycles. The predicted molar refractivity (Wildman–Crippen MR) is 90.7 cm³/mol. The zero-order chi connectivity index (χ0) is 17.0. The van der Waals surface area contributed by atoms with Crippen LogP contribution in [0.1, 0.15) is 36.5 Å². The second-order valence-corrected chi connectivity index (χ2v) is 6.54. The van der Waals surface area contributed by atoms with E-state index in [1.807, 2.05) is 12.1 Å². The van der Waals surface area contributed by atoms with Gasteiger partial charge in [-0.25, -0.2) is 0 Å². The molecule has 1 saturated heterocycles. The molecule has 1 aliphatic heterocycles. The maximum Gasteiger partial charge on any atom is 0.225 e. The lowest BCUT2D eigenvalue weighted by Gasteiger charge is -2.23. The van der Waals surface area contributed by atoms with Crippen molar-refractivity contribution >= 4 is 11.8 Å². The summed E-state index contributed by atoms with van der Waals surface area (Å²) in [6, 6.07) is 6.06. The summed E-state index contributed by atoms with van der Waals surface area (Å²) >= 11 is 0. The average molecular weight is 317 g/mol. The zero-order valence-corrected chi connectivity index (χ0v) is 14.3. The molecule has 3 N–H and O–H groups in total. The standard InChI is InChI=1S/C18H27N3O2/c1-12-5-4-6-15(13(12)2)9-20-18(23)16-7-8-17(19)11-21(10-16)14(3)22/h4-6,16-17H,7-11,19H2,1-3H3,(H,20,23)/t16-,17+/m1/s1. The topological polar surface area (TPSA) is 75.4 Å². The van der Waals surface area contributed by atoms with Crippen molar-refractivity contribution in [3.05, 3.63) is 34.9 Å². The summed E-state index contributed by atoms with van der Waals surface area (Å²) < 4.78 is 0. The molecular weight excluding hydrogens is 290 g/mol.